The van der Waals surface area contributed by atoms with Crippen molar-refractivity contribution >= 4 is 5.97 Å². The second-order valence-corrected chi connectivity index (χ2v) is 5.11. The Morgan fingerprint density at radius 3 is 2.94 bits per heavy atom. The Bertz CT molecular complexity index is 422. The van der Waals surface area contributed by atoms with Gasteiger partial charge in [-0.3, -0.25) is 0 Å². The lowest BCUT2D eigenvalue weighted by atomic mass is 10.1. The summed E-state index contributed by atoms with van der Waals surface area (Å²) in [5.41, 5.74) is 0.773. The highest BCUT2D eigenvalue weighted by Crippen LogP contribution is 2.17. The van der Waals surface area contributed by atoms with Gasteiger partial charge >= 0.3 is 5.97 Å². The highest BCUT2D eigenvalue weighted by Gasteiger charge is 2.23. The lowest BCUT2D eigenvalue weighted by Crippen LogP contribution is -2.19. The van der Waals surface area contributed by atoms with E-state index in [0.717, 1.165) is 19.4 Å². The van der Waals surface area contributed by atoms with Gasteiger partial charge in [-0.15, -0.1) is 5.10 Å². The minimum absolute atomic E-state index is 0.0710. The van der Waals surface area contributed by atoms with Gasteiger partial charge in [-0.2, -0.15) is 0 Å². The van der Waals surface area contributed by atoms with Crippen molar-refractivity contribution in [2.75, 3.05) is 6.61 Å². The van der Waals surface area contributed by atoms with E-state index in [4.69, 9.17) is 9.84 Å². The maximum absolute atomic E-state index is 11.1. The van der Waals surface area contributed by atoms with Crippen LogP contribution in [0.5, 0.6) is 0 Å². The van der Waals surface area contributed by atoms with Gasteiger partial charge in [0.05, 0.1) is 18.3 Å². The fourth-order valence-electron chi connectivity index (χ4n) is 2.22. The number of carbonyl (C=O) groups is 1. The molecule has 100 valence electrons. The number of ether oxygens (including phenoxy) is 1. The topological polar surface area (TPSA) is 77.2 Å². The van der Waals surface area contributed by atoms with Crippen LogP contribution in [0.3, 0.4) is 0 Å². The molecule has 0 aromatic carbocycles. The van der Waals surface area contributed by atoms with Crippen LogP contribution in [-0.2, 0) is 17.7 Å². The Balaban J connectivity index is 2.19. The standard InChI is InChI=1S/C12H19N3O3/c1-8(2)6-10-11(12(16)17)13-14-15(10)7-9-4-3-5-18-9/h8-9H,3-7H2,1-2H3,(H,16,17). The van der Waals surface area contributed by atoms with E-state index in [1.165, 1.54) is 0 Å². The van der Waals surface area contributed by atoms with E-state index < -0.39 is 5.97 Å². The van der Waals surface area contributed by atoms with Crippen molar-refractivity contribution in [1.82, 2.24) is 15.0 Å². The summed E-state index contributed by atoms with van der Waals surface area (Å²) in [6.45, 7) is 5.48. The van der Waals surface area contributed by atoms with Crippen LogP contribution < -0.4 is 0 Å². The third-order valence-corrected chi connectivity index (χ3v) is 3.04. The molecule has 0 bridgehead atoms. The molecule has 2 heterocycles. The average molecular weight is 253 g/mol. The summed E-state index contributed by atoms with van der Waals surface area (Å²) in [5, 5.41) is 16.8. The quantitative estimate of drug-likeness (QED) is 0.857. The fraction of sp³-hybridized carbons (Fsp3) is 0.750. The van der Waals surface area contributed by atoms with E-state index in [1.54, 1.807) is 4.68 Å². The van der Waals surface area contributed by atoms with Crippen LogP contribution in [0.4, 0.5) is 0 Å². The van der Waals surface area contributed by atoms with E-state index in [1.807, 2.05) is 0 Å². The van der Waals surface area contributed by atoms with Gasteiger partial charge in [0, 0.05) is 6.61 Å². The Morgan fingerprint density at radius 2 is 2.39 bits per heavy atom. The molecule has 6 nitrogen and oxygen atoms in total. The van der Waals surface area contributed by atoms with Crippen molar-refractivity contribution in [2.45, 2.75) is 45.8 Å². The van der Waals surface area contributed by atoms with Crippen LogP contribution in [0.25, 0.3) is 0 Å². The maximum Gasteiger partial charge on any atom is 0.358 e. The molecule has 1 aliphatic heterocycles. The van der Waals surface area contributed by atoms with Gasteiger partial charge in [0.1, 0.15) is 0 Å². The second kappa shape index (κ2) is 5.48. The first kappa shape index (κ1) is 13.0. The zero-order valence-corrected chi connectivity index (χ0v) is 10.8. The molecule has 1 unspecified atom stereocenters. The molecule has 0 saturated carbocycles. The molecule has 2 rings (SSSR count). The second-order valence-electron chi connectivity index (χ2n) is 5.11. The van der Waals surface area contributed by atoms with Crippen molar-refractivity contribution in [3.63, 3.8) is 0 Å². The van der Waals surface area contributed by atoms with Gasteiger partial charge in [0.2, 0.25) is 0 Å². The van der Waals surface area contributed by atoms with Crippen molar-refractivity contribution in [1.29, 1.82) is 0 Å². The van der Waals surface area contributed by atoms with Crippen molar-refractivity contribution in [3.05, 3.63) is 11.4 Å². The summed E-state index contributed by atoms with van der Waals surface area (Å²) in [6, 6.07) is 0. The lowest BCUT2D eigenvalue weighted by Gasteiger charge is -2.13. The predicted octanol–water partition coefficient (Wildman–Crippen LogP) is 1.35. The van der Waals surface area contributed by atoms with Crippen molar-refractivity contribution in [2.24, 2.45) is 5.92 Å². The summed E-state index contributed by atoms with van der Waals surface area (Å²) in [6.07, 6.45) is 2.87. The molecule has 0 aliphatic carbocycles. The zero-order valence-electron chi connectivity index (χ0n) is 10.8. The molecule has 1 N–H and O–H groups in total. The number of hydrogen-bond donors (Lipinski definition) is 1. The molecule has 1 aliphatic rings. The van der Waals surface area contributed by atoms with E-state index in [2.05, 4.69) is 24.2 Å². The Kier molecular flexibility index (Phi) is 3.96. The molecule has 1 saturated heterocycles. The summed E-state index contributed by atoms with van der Waals surface area (Å²) in [7, 11) is 0. The average Bonchev–Trinajstić information content (AvgIpc) is 2.89. The molecule has 0 radical (unpaired) electrons. The third-order valence-electron chi connectivity index (χ3n) is 3.04. The first-order valence-corrected chi connectivity index (χ1v) is 6.35. The molecule has 1 aromatic rings. The molecule has 6 heteroatoms. The van der Waals surface area contributed by atoms with Crippen LogP contribution in [0.2, 0.25) is 0 Å². The first-order chi connectivity index (χ1) is 8.58. The molecule has 1 fully saturated rings. The fourth-order valence-corrected chi connectivity index (χ4v) is 2.22. The Morgan fingerprint density at radius 1 is 1.61 bits per heavy atom. The minimum atomic E-state index is -1.01. The van der Waals surface area contributed by atoms with Crippen LogP contribution in [0, 0.1) is 5.92 Å². The van der Waals surface area contributed by atoms with Crippen LogP contribution in [0.15, 0.2) is 0 Å². The van der Waals surface area contributed by atoms with Gasteiger partial charge in [-0.25, -0.2) is 9.48 Å². The van der Waals surface area contributed by atoms with Crippen LogP contribution in [0.1, 0.15) is 42.9 Å². The first-order valence-electron chi connectivity index (χ1n) is 6.35. The summed E-state index contributed by atoms with van der Waals surface area (Å²) < 4.78 is 7.24. The summed E-state index contributed by atoms with van der Waals surface area (Å²) in [4.78, 5) is 11.1. The molecule has 1 atom stereocenters. The number of aromatic carboxylic acids is 1. The Hall–Kier alpha value is -1.43. The normalized spacial score (nSPS) is 19.6. The van der Waals surface area contributed by atoms with Gasteiger partial charge in [0.25, 0.3) is 0 Å². The molecular weight excluding hydrogens is 234 g/mol. The summed E-state index contributed by atoms with van der Waals surface area (Å²) in [5.74, 6) is -0.644. The van der Waals surface area contributed by atoms with Crippen molar-refractivity contribution < 1.29 is 14.6 Å². The van der Waals surface area contributed by atoms with Gasteiger partial charge < -0.3 is 9.84 Å². The number of aromatic nitrogens is 3. The predicted molar refractivity (Wildman–Crippen MR) is 64.5 cm³/mol. The lowest BCUT2D eigenvalue weighted by molar-refractivity contribution is 0.0688. The van der Waals surface area contributed by atoms with Gasteiger partial charge in [-0.1, -0.05) is 19.1 Å². The maximum atomic E-state index is 11.1. The SMILES string of the molecule is CC(C)Cc1c(C(=O)O)nnn1CC1CCCO1. The largest absolute Gasteiger partial charge is 0.476 e. The number of carboxylic acid groups (broad SMARTS) is 1. The highest BCUT2D eigenvalue weighted by molar-refractivity contribution is 5.86. The number of carboxylic acids is 1. The number of hydrogen-bond acceptors (Lipinski definition) is 4. The van der Waals surface area contributed by atoms with E-state index >= 15 is 0 Å². The van der Waals surface area contributed by atoms with E-state index in [-0.39, 0.29) is 11.8 Å². The highest BCUT2D eigenvalue weighted by atomic mass is 16.5. The molecular formula is C12H19N3O3. The number of nitrogens with zero attached hydrogens (tertiary/aromatic N) is 3. The van der Waals surface area contributed by atoms with Crippen molar-refractivity contribution in [3.8, 4) is 0 Å². The monoisotopic (exact) mass is 253 g/mol. The van der Waals surface area contributed by atoms with Gasteiger partial charge in [-0.05, 0) is 25.2 Å². The molecule has 0 spiro atoms. The van der Waals surface area contributed by atoms with Crippen LogP contribution in [-0.4, -0.2) is 38.8 Å². The third kappa shape index (κ3) is 2.87. The molecule has 0 amide bonds. The van der Waals surface area contributed by atoms with E-state index in [0.29, 0.717) is 24.6 Å². The smallest absolute Gasteiger partial charge is 0.358 e. The minimum Gasteiger partial charge on any atom is -0.476 e. The van der Waals surface area contributed by atoms with E-state index in [9.17, 15) is 4.79 Å². The molecule has 1 aromatic heterocycles. The van der Waals surface area contributed by atoms with Crippen LogP contribution >= 0.6 is 0 Å². The summed E-state index contributed by atoms with van der Waals surface area (Å²) >= 11 is 0. The number of rotatable bonds is 5. The van der Waals surface area contributed by atoms with Gasteiger partial charge in [0.15, 0.2) is 5.69 Å². The zero-order chi connectivity index (χ0) is 13.1. The molecule has 18 heavy (non-hydrogen) atoms. The Labute approximate surface area is 106 Å².